The number of nitrogens with one attached hydrogen (secondary N) is 1. The molecule has 1 saturated carbocycles. The third-order valence-electron chi connectivity index (χ3n) is 5.20. The predicted molar refractivity (Wildman–Crippen MR) is 93.8 cm³/mol. The molecular weight excluding hydrogens is 322 g/mol. The van der Waals surface area contributed by atoms with E-state index < -0.39 is 11.4 Å². The van der Waals surface area contributed by atoms with Gasteiger partial charge in [0.2, 0.25) is 11.7 Å². The summed E-state index contributed by atoms with van der Waals surface area (Å²) in [6, 6.07) is 3.04. The molecule has 2 aromatic rings. The van der Waals surface area contributed by atoms with Crippen LogP contribution in [0.2, 0.25) is 0 Å². The first-order valence-corrected chi connectivity index (χ1v) is 8.65. The van der Waals surface area contributed by atoms with Gasteiger partial charge in [-0.1, -0.05) is 19.8 Å². The van der Waals surface area contributed by atoms with Crippen LogP contribution in [-0.2, 0) is 11.2 Å². The zero-order chi connectivity index (χ0) is 18.1. The van der Waals surface area contributed by atoms with Gasteiger partial charge in [0.15, 0.2) is 11.3 Å². The van der Waals surface area contributed by atoms with Gasteiger partial charge in [0, 0.05) is 11.4 Å². The van der Waals surface area contributed by atoms with Crippen molar-refractivity contribution in [1.29, 1.82) is 0 Å². The summed E-state index contributed by atoms with van der Waals surface area (Å²) < 4.78 is 5.15. The van der Waals surface area contributed by atoms with Gasteiger partial charge in [0.1, 0.15) is 0 Å². The molecule has 1 aromatic heterocycles. The first kappa shape index (κ1) is 17.3. The Bertz CT molecular complexity index is 870. The molecule has 25 heavy (non-hydrogen) atoms. The van der Waals surface area contributed by atoms with E-state index in [9.17, 15) is 19.8 Å². The number of aromatic hydroxyl groups is 2. The van der Waals surface area contributed by atoms with Crippen molar-refractivity contribution in [3.8, 4) is 11.5 Å². The highest BCUT2D eigenvalue weighted by Gasteiger charge is 2.24. The Hall–Kier alpha value is -2.50. The molecule has 0 radical (unpaired) electrons. The summed E-state index contributed by atoms with van der Waals surface area (Å²) in [5.74, 6) is -0.584. The molecule has 1 fully saturated rings. The van der Waals surface area contributed by atoms with Gasteiger partial charge in [-0.3, -0.25) is 4.79 Å². The van der Waals surface area contributed by atoms with Crippen molar-refractivity contribution >= 4 is 16.9 Å². The first-order chi connectivity index (χ1) is 11.9. The fraction of sp³-hybridized carbons (Fsp3) is 0.474. The number of carbonyl (C=O) groups is 1. The van der Waals surface area contributed by atoms with Crippen molar-refractivity contribution in [2.75, 3.05) is 0 Å². The number of benzene rings is 1. The summed E-state index contributed by atoms with van der Waals surface area (Å²) in [7, 11) is 0. The molecule has 2 atom stereocenters. The Morgan fingerprint density at radius 1 is 1.28 bits per heavy atom. The topological polar surface area (TPSA) is 99.8 Å². The Kier molecular flexibility index (Phi) is 4.70. The van der Waals surface area contributed by atoms with Gasteiger partial charge >= 0.3 is 5.63 Å². The number of fused-ring (bicyclic) bond motifs is 1. The van der Waals surface area contributed by atoms with E-state index >= 15 is 0 Å². The minimum absolute atomic E-state index is 0.0606. The van der Waals surface area contributed by atoms with E-state index in [1.165, 1.54) is 12.5 Å². The van der Waals surface area contributed by atoms with E-state index in [0.29, 0.717) is 16.9 Å². The molecule has 6 heteroatoms. The lowest BCUT2D eigenvalue weighted by Gasteiger charge is -2.29. The van der Waals surface area contributed by atoms with Crippen LogP contribution in [0.5, 0.6) is 11.5 Å². The van der Waals surface area contributed by atoms with Crippen LogP contribution in [0.25, 0.3) is 11.0 Å². The second kappa shape index (κ2) is 6.78. The molecular formula is C19H23NO5. The lowest BCUT2D eigenvalue weighted by Crippen LogP contribution is -2.42. The molecule has 3 N–H and O–H groups in total. The summed E-state index contributed by atoms with van der Waals surface area (Å²) in [6.45, 7) is 3.84. The van der Waals surface area contributed by atoms with Crippen molar-refractivity contribution in [3.63, 3.8) is 0 Å². The standard InChI is InChI=1S/C19H23NO5/c1-10-5-3-4-6-14(10)20-16(22)9-13-11(2)12-7-8-15(21)17(23)18(12)25-19(13)24/h7-8,10,14,21,23H,3-6,9H2,1-2H3,(H,20,22)/t10-,14+/m0/s1. The van der Waals surface area contributed by atoms with Gasteiger partial charge in [-0.25, -0.2) is 4.79 Å². The molecule has 1 aliphatic rings. The van der Waals surface area contributed by atoms with E-state index in [1.807, 2.05) is 0 Å². The minimum Gasteiger partial charge on any atom is -0.504 e. The summed E-state index contributed by atoms with van der Waals surface area (Å²) in [6.07, 6.45) is 4.30. The van der Waals surface area contributed by atoms with E-state index in [-0.39, 0.29) is 35.3 Å². The largest absolute Gasteiger partial charge is 0.504 e. The SMILES string of the molecule is Cc1c(CC(=O)N[C@@H]2CCCC[C@@H]2C)c(=O)oc2c(O)c(O)ccc12. The zero-order valence-corrected chi connectivity index (χ0v) is 14.5. The fourth-order valence-corrected chi connectivity index (χ4v) is 3.58. The second-order valence-electron chi connectivity index (χ2n) is 6.92. The highest BCUT2D eigenvalue weighted by atomic mass is 16.4. The van der Waals surface area contributed by atoms with Crippen molar-refractivity contribution in [3.05, 3.63) is 33.7 Å². The number of hydrogen-bond donors (Lipinski definition) is 3. The molecule has 0 spiro atoms. The van der Waals surface area contributed by atoms with Crippen molar-refractivity contribution in [2.24, 2.45) is 5.92 Å². The fourth-order valence-electron chi connectivity index (χ4n) is 3.58. The van der Waals surface area contributed by atoms with Crippen LogP contribution in [0.4, 0.5) is 0 Å². The maximum Gasteiger partial charge on any atom is 0.340 e. The number of amides is 1. The number of hydrogen-bond acceptors (Lipinski definition) is 5. The number of phenols is 2. The third-order valence-corrected chi connectivity index (χ3v) is 5.20. The molecule has 1 aliphatic carbocycles. The summed E-state index contributed by atoms with van der Waals surface area (Å²) in [5, 5.41) is 22.9. The van der Waals surface area contributed by atoms with E-state index in [0.717, 1.165) is 19.3 Å². The molecule has 6 nitrogen and oxygen atoms in total. The first-order valence-electron chi connectivity index (χ1n) is 8.65. The summed E-state index contributed by atoms with van der Waals surface area (Å²) in [4.78, 5) is 24.7. The van der Waals surface area contributed by atoms with Crippen LogP contribution < -0.4 is 10.9 Å². The molecule has 1 aromatic carbocycles. The van der Waals surface area contributed by atoms with Crippen LogP contribution in [0.15, 0.2) is 21.3 Å². The van der Waals surface area contributed by atoms with Gasteiger partial charge < -0.3 is 19.9 Å². The van der Waals surface area contributed by atoms with E-state index in [1.54, 1.807) is 13.0 Å². The summed E-state index contributed by atoms with van der Waals surface area (Å²) in [5.41, 5.74) is 0.122. The van der Waals surface area contributed by atoms with Gasteiger partial charge in [-0.05, 0) is 43.4 Å². The molecule has 134 valence electrons. The Balaban J connectivity index is 1.87. The lowest BCUT2D eigenvalue weighted by atomic mass is 9.86. The zero-order valence-electron chi connectivity index (χ0n) is 14.5. The molecule has 0 bridgehead atoms. The maximum absolute atomic E-state index is 12.4. The highest BCUT2D eigenvalue weighted by Crippen LogP contribution is 2.34. The number of rotatable bonds is 3. The van der Waals surface area contributed by atoms with Crippen molar-refractivity contribution in [2.45, 2.75) is 52.0 Å². The van der Waals surface area contributed by atoms with Gasteiger partial charge in [0.25, 0.3) is 0 Å². The van der Waals surface area contributed by atoms with Crippen LogP contribution in [0.1, 0.15) is 43.7 Å². The quantitative estimate of drug-likeness (QED) is 0.587. The van der Waals surface area contributed by atoms with Crippen molar-refractivity contribution in [1.82, 2.24) is 5.32 Å². The molecule has 0 saturated heterocycles. The van der Waals surface area contributed by atoms with E-state index in [2.05, 4.69) is 12.2 Å². The van der Waals surface area contributed by atoms with Crippen LogP contribution in [0.3, 0.4) is 0 Å². The molecule has 0 unspecified atom stereocenters. The van der Waals surface area contributed by atoms with Gasteiger partial charge in [0.05, 0.1) is 12.0 Å². The molecule has 0 aliphatic heterocycles. The van der Waals surface area contributed by atoms with Crippen LogP contribution >= 0.6 is 0 Å². The van der Waals surface area contributed by atoms with Gasteiger partial charge in [-0.2, -0.15) is 0 Å². The van der Waals surface area contributed by atoms with Crippen molar-refractivity contribution < 1.29 is 19.4 Å². The maximum atomic E-state index is 12.4. The minimum atomic E-state index is -0.669. The number of phenolic OH excluding ortho intramolecular Hbond substituents is 2. The molecule has 1 amide bonds. The lowest BCUT2D eigenvalue weighted by molar-refractivity contribution is -0.121. The second-order valence-corrected chi connectivity index (χ2v) is 6.92. The smallest absolute Gasteiger partial charge is 0.340 e. The molecule has 1 heterocycles. The highest BCUT2D eigenvalue weighted by molar-refractivity contribution is 5.89. The average molecular weight is 345 g/mol. The Morgan fingerprint density at radius 2 is 2.00 bits per heavy atom. The van der Waals surface area contributed by atoms with Crippen LogP contribution in [-0.4, -0.2) is 22.2 Å². The monoisotopic (exact) mass is 345 g/mol. The predicted octanol–water partition coefficient (Wildman–Crippen LogP) is 2.75. The molecule has 3 rings (SSSR count). The number of aryl methyl sites for hydroxylation is 1. The van der Waals surface area contributed by atoms with Gasteiger partial charge in [-0.15, -0.1) is 0 Å². The van der Waals surface area contributed by atoms with E-state index in [4.69, 9.17) is 4.42 Å². The summed E-state index contributed by atoms with van der Waals surface area (Å²) >= 11 is 0. The average Bonchev–Trinajstić information content (AvgIpc) is 2.57. The normalized spacial score (nSPS) is 20.6. The Labute approximate surface area is 145 Å². The van der Waals surface area contributed by atoms with Crippen LogP contribution in [0, 0.1) is 12.8 Å². The number of carbonyl (C=O) groups excluding carboxylic acids is 1. The Morgan fingerprint density at radius 3 is 2.72 bits per heavy atom. The third kappa shape index (κ3) is 3.34.